The first-order valence-corrected chi connectivity index (χ1v) is 11.6. The van der Waals surface area contributed by atoms with Crippen LogP contribution < -0.4 is 10.5 Å². The van der Waals surface area contributed by atoms with Gasteiger partial charge in [-0.05, 0) is 41.5 Å². The third kappa shape index (κ3) is 5.36. The topological polar surface area (TPSA) is 87.8 Å². The Balaban J connectivity index is 1.65. The van der Waals surface area contributed by atoms with Crippen molar-refractivity contribution in [2.45, 2.75) is 37.1 Å². The van der Waals surface area contributed by atoms with Gasteiger partial charge >= 0.3 is 0 Å². The molecular formula is C22H30N4O2S. The minimum absolute atomic E-state index is 0.126. The molecule has 0 radical (unpaired) electrons. The van der Waals surface area contributed by atoms with Crippen molar-refractivity contribution in [3.8, 4) is 0 Å². The van der Waals surface area contributed by atoms with Crippen molar-refractivity contribution in [3.63, 3.8) is 0 Å². The minimum Gasteiger partial charge on any atom is -0.352 e. The first-order chi connectivity index (χ1) is 13.9. The number of nitrogens with two attached hydrogens (primary N) is 1. The molecule has 2 aromatic rings. The van der Waals surface area contributed by atoms with Crippen LogP contribution in [-0.4, -0.2) is 39.4 Å². The highest BCUT2D eigenvalue weighted by Crippen LogP contribution is 2.34. The fourth-order valence-corrected chi connectivity index (χ4v) is 4.71. The SMILES string of the molecule is CCC1CN(C(=NC)NCc2cccc(S(N)(=O)=O)c2)CCC1c1ccccc1. The maximum Gasteiger partial charge on any atom is 0.238 e. The van der Waals surface area contributed by atoms with Crippen LogP contribution in [0.5, 0.6) is 0 Å². The molecule has 0 spiro atoms. The Morgan fingerprint density at radius 2 is 1.97 bits per heavy atom. The molecule has 156 valence electrons. The Labute approximate surface area is 173 Å². The maximum atomic E-state index is 11.6. The Morgan fingerprint density at radius 1 is 1.21 bits per heavy atom. The highest BCUT2D eigenvalue weighted by Gasteiger charge is 2.30. The molecular weight excluding hydrogens is 384 g/mol. The van der Waals surface area contributed by atoms with E-state index in [4.69, 9.17) is 5.14 Å². The number of piperidine rings is 1. The number of nitrogens with zero attached hydrogens (tertiary/aromatic N) is 2. The summed E-state index contributed by atoms with van der Waals surface area (Å²) in [7, 11) is -1.92. The van der Waals surface area contributed by atoms with E-state index in [0.29, 0.717) is 18.4 Å². The molecule has 0 saturated carbocycles. The van der Waals surface area contributed by atoms with Crippen molar-refractivity contribution in [3.05, 3.63) is 65.7 Å². The van der Waals surface area contributed by atoms with Gasteiger partial charge in [0.1, 0.15) is 0 Å². The largest absolute Gasteiger partial charge is 0.352 e. The molecule has 2 unspecified atom stereocenters. The van der Waals surface area contributed by atoms with Crippen molar-refractivity contribution in [2.75, 3.05) is 20.1 Å². The lowest BCUT2D eigenvalue weighted by molar-refractivity contribution is 0.215. The molecule has 1 aliphatic heterocycles. The summed E-state index contributed by atoms with van der Waals surface area (Å²) in [4.78, 5) is 6.88. The number of likely N-dealkylation sites (tertiary alicyclic amines) is 1. The van der Waals surface area contributed by atoms with E-state index in [0.717, 1.165) is 37.5 Å². The van der Waals surface area contributed by atoms with E-state index < -0.39 is 10.0 Å². The summed E-state index contributed by atoms with van der Waals surface area (Å²) >= 11 is 0. The number of nitrogens with one attached hydrogen (secondary N) is 1. The molecule has 0 amide bonds. The van der Waals surface area contributed by atoms with Crippen LogP contribution in [0.2, 0.25) is 0 Å². The number of hydrogen-bond donors (Lipinski definition) is 2. The second-order valence-corrected chi connectivity index (χ2v) is 9.07. The second-order valence-electron chi connectivity index (χ2n) is 7.51. The van der Waals surface area contributed by atoms with E-state index in [-0.39, 0.29) is 4.90 Å². The fraction of sp³-hybridized carbons (Fsp3) is 0.409. The van der Waals surface area contributed by atoms with E-state index in [1.807, 2.05) is 6.07 Å². The van der Waals surface area contributed by atoms with Gasteiger partial charge in [0, 0.05) is 26.7 Å². The summed E-state index contributed by atoms with van der Waals surface area (Å²) in [5, 5.41) is 8.61. The van der Waals surface area contributed by atoms with Gasteiger partial charge in [0.2, 0.25) is 10.0 Å². The van der Waals surface area contributed by atoms with E-state index >= 15 is 0 Å². The third-order valence-corrected chi connectivity index (χ3v) is 6.59. The Kier molecular flexibility index (Phi) is 6.92. The van der Waals surface area contributed by atoms with Gasteiger partial charge in [-0.15, -0.1) is 0 Å². The molecule has 2 aromatic carbocycles. The number of sulfonamides is 1. The van der Waals surface area contributed by atoms with Crippen LogP contribution in [0.3, 0.4) is 0 Å². The number of hydrogen-bond acceptors (Lipinski definition) is 3. The monoisotopic (exact) mass is 414 g/mol. The molecule has 1 fully saturated rings. The predicted octanol–water partition coefficient (Wildman–Crippen LogP) is 2.93. The summed E-state index contributed by atoms with van der Waals surface area (Å²) in [6, 6.07) is 17.5. The quantitative estimate of drug-likeness (QED) is 0.582. The van der Waals surface area contributed by atoms with Gasteiger partial charge in [-0.2, -0.15) is 0 Å². The van der Waals surface area contributed by atoms with Crippen molar-refractivity contribution in [1.29, 1.82) is 0 Å². The second kappa shape index (κ2) is 9.41. The zero-order valence-electron chi connectivity index (χ0n) is 17.1. The molecule has 1 aliphatic rings. The van der Waals surface area contributed by atoms with Crippen LogP contribution in [0.15, 0.2) is 64.5 Å². The number of primary sulfonamides is 1. The lowest BCUT2D eigenvalue weighted by Crippen LogP contribution is -2.48. The van der Waals surface area contributed by atoms with Crippen LogP contribution in [0.1, 0.15) is 36.8 Å². The summed E-state index contributed by atoms with van der Waals surface area (Å²) in [6.45, 7) is 4.63. The Morgan fingerprint density at radius 3 is 2.62 bits per heavy atom. The minimum atomic E-state index is -3.70. The van der Waals surface area contributed by atoms with Crippen molar-refractivity contribution >= 4 is 16.0 Å². The summed E-state index contributed by atoms with van der Waals surface area (Å²) in [5.41, 5.74) is 2.27. The van der Waals surface area contributed by atoms with Crippen molar-refractivity contribution in [1.82, 2.24) is 10.2 Å². The fourth-order valence-electron chi connectivity index (χ4n) is 4.12. The maximum absolute atomic E-state index is 11.6. The number of rotatable bonds is 5. The number of guanidine groups is 1. The van der Waals surface area contributed by atoms with E-state index in [1.54, 1.807) is 19.2 Å². The molecule has 29 heavy (non-hydrogen) atoms. The normalized spacial score (nSPS) is 20.5. The first kappa shape index (κ1) is 21.3. The van der Waals surface area contributed by atoms with Crippen LogP contribution in [0, 0.1) is 5.92 Å². The molecule has 0 bridgehead atoms. The third-order valence-electron chi connectivity index (χ3n) is 5.67. The van der Waals surface area contributed by atoms with E-state index in [2.05, 4.69) is 52.5 Å². The zero-order chi connectivity index (χ0) is 20.9. The standard InChI is InChI=1S/C22H30N4O2S/c1-3-18-16-26(13-12-21(18)19-9-5-4-6-10-19)22(24-2)25-15-17-8-7-11-20(14-17)29(23,27)28/h4-11,14,18,21H,3,12-13,15-16H2,1-2H3,(H,24,25)(H2,23,27,28). The molecule has 6 nitrogen and oxygen atoms in total. The molecule has 1 heterocycles. The van der Waals surface area contributed by atoms with Gasteiger partial charge in [0.15, 0.2) is 5.96 Å². The number of benzene rings is 2. The number of aliphatic imine (C=N–C) groups is 1. The summed E-state index contributed by atoms with van der Waals surface area (Å²) in [6.07, 6.45) is 2.20. The Bertz CT molecular complexity index is 944. The average molecular weight is 415 g/mol. The lowest BCUT2D eigenvalue weighted by atomic mass is 9.79. The van der Waals surface area contributed by atoms with E-state index in [9.17, 15) is 8.42 Å². The lowest BCUT2D eigenvalue weighted by Gasteiger charge is -2.40. The molecule has 3 rings (SSSR count). The van der Waals surface area contributed by atoms with Gasteiger partial charge in [-0.3, -0.25) is 4.99 Å². The highest BCUT2D eigenvalue weighted by atomic mass is 32.2. The van der Waals surface area contributed by atoms with Gasteiger partial charge in [0.05, 0.1) is 4.90 Å². The molecule has 1 saturated heterocycles. The molecule has 7 heteroatoms. The van der Waals surface area contributed by atoms with Gasteiger partial charge in [-0.1, -0.05) is 55.8 Å². The summed E-state index contributed by atoms with van der Waals surface area (Å²) in [5.74, 6) is 1.98. The smallest absolute Gasteiger partial charge is 0.238 e. The predicted molar refractivity (Wildman–Crippen MR) is 117 cm³/mol. The first-order valence-electron chi connectivity index (χ1n) is 10.0. The van der Waals surface area contributed by atoms with Gasteiger partial charge < -0.3 is 10.2 Å². The average Bonchev–Trinajstić information content (AvgIpc) is 2.74. The molecule has 0 aromatic heterocycles. The zero-order valence-corrected chi connectivity index (χ0v) is 17.9. The molecule has 3 N–H and O–H groups in total. The van der Waals surface area contributed by atoms with Crippen molar-refractivity contribution < 1.29 is 8.42 Å². The van der Waals surface area contributed by atoms with Crippen LogP contribution in [0.4, 0.5) is 0 Å². The highest BCUT2D eigenvalue weighted by molar-refractivity contribution is 7.89. The van der Waals surface area contributed by atoms with Crippen LogP contribution >= 0.6 is 0 Å². The molecule has 0 aliphatic carbocycles. The Hall–Kier alpha value is -2.38. The summed E-state index contributed by atoms with van der Waals surface area (Å²) < 4.78 is 23.1. The van der Waals surface area contributed by atoms with Crippen LogP contribution in [0.25, 0.3) is 0 Å². The van der Waals surface area contributed by atoms with E-state index in [1.165, 1.54) is 11.6 Å². The van der Waals surface area contributed by atoms with Gasteiger partial charge in [0.25, 0.3) is 0 Å². The molecule has 2 atom stereocenters. The van der Waals surface area contributed by atoms with Crippen LogP contribution in [-0.2, 0) is 16.6 Å². The van der Waals surface area contributed by atoms with Gasteiger partial charge in [-0.25, -0.2) is 13.6 Å². The van der Waals surface area contributed by atoms with Crippen molar-refractivity contribution in [2.24, 2.45) is 16.0 Å².